The van der Waals surface area contributed by atoms with Gasteiger partial charge in [0.15, 0.2) is 11.8 Å². The summed E-state index contributed by atoms with van der Waals surface area (Å²) in [5.74, 6) is 2.19. The van der Waals surface area contributed by atoms with E-state index >= 15 is 0 Å². The molecule has 6 nitrogen and oxygen atoms in total. The fourth-order valence-corrected chi connectivity index (χ4v) is 3.20. The number of nitrogens with zero attached hydrogens (tertiary/aromatic N) is 4. The van der Waals surface area contributed by atoms with Gasteiger partial charge in [-0.15, -0.1) is 24.0 Å². The highest BCUT2D eigenvalue weighted by Gasteiger charge is 2.31. The van der Waals surface area contributed by atoms with Crippen molar-refractivity contribution in [1.29, 1.82) is 0 Å². The average Bonchev–Trinajstić information content (AvgIpc) is 2.85. The molecule has 0 spiro atoms. The standard InChI is InChI=1S/C15H27N5O.HI/c1-5-7-15(3)8-6-9-20(11-15)14(16-4)17-10-13-18-12(2)19-21-13;/h5-11H2,1-4H3,(H,16,17);1H. The largest absolute Gasteiger partial charge is 0.347 e. The van der Waals surface area contributed by atoms with E-state index in [4.69, 9.17) is 4.52 Å². The summed E-state index contributed by atoms with van der Waals surface area (Å²) in [7, 11) is 1.83. The first-order chi connectivity index (χ1) is 10.1. The van der Waals surface area contributed by atoms with E-state index in [1.807, 2.05) is 14.0 Å². The number of piperidine rings is 1. The van der Waals surface area contributed by atoms with Gasteiger partial charge in [0.05, 0.1) is 6.54 Å². The summed E-state index contributed by atoms with van der Waals surface area (Å²) in [4.78, 5) is 11.0. The summed E-state index contributed by atoms with van der Waals surface area (Å²) in [5.41, 5.74) is 0.395. The molecule has 0 radical (unpaired) electrons. The molecule has 0 aliphatic carbocycles. The number of halogens is 1. The van der Waals surface area contributed by atoms with E-state index in [9.17, 15) is 0 Å². The van der Waals surface area contributed by atoms with Crippen LogP contribution in [0.1, 0.15) is 51.2 Å². The second-order valence-corrected chi connectivity index (χ2v) is 6.22. The zero-order chi connectivity index (χ0) is 15.3. The molecule has 2 rings (SSSR count). The third kappa shape index (κ3) is 5.10. The van der Waals surface area contributed by atoms with Crippen LogP contribution >= 0.6 is 24.0 Å². The predicted octanol–water partition coefficient (Wildman–Crippen LogP) is 2.97. The lowest BCUT2D eigenvalue weighted by Gasteiger charge is -2.41. The summed E-state index contributed by atoms with van der Waals surface area (Å²) >= 11 is 0. The third-order valence-electron chi connectivity index (χ3n) is 4.11. The van der Waals surface area contributed by atoms with Crippen molar-refractivity contribution in [1.82, 2.24) is 20.4 Å². The van der Waals surface area contributed by atoms with Crippen LogP contribution in [-0.4, -0.2) is 41.1 Å². The molecule has 0 amide bonds. The van der Waals surface area contributed by atoms with Crippen LogP contribution in [0.5, 0.6) is 0 Å². The maximum atomic E-state index is 5.13. The average molecular weight is 421 g/mol. The van der Waals surface area contributed by atoms with Crippen molar-refractivity contribution in [2.75, 3.05) is 20.1 Å². The number of aromatic nitrogens is 2. The molecule has 22 heavy (non-hydrogen) atoms. The molecule has 2 heterocycles. The Bertz CT molecular complexity index is 486. The van der Waals surface area contributed by atoms with Gasteiger partial charge >= 0.3 is 0 Å². The Morgan fingerprint density at radius 3 is 2.86 bits per heavy atom. The van der Waals surface area contributed by atoms with Gasteiger partial charge in [0.25, 0.3) is 0 Å². The smallest absolute Gasteiger partial charge is 0.246 e. The zero-order valence-electron chi connectivity index (χ0n) is 14.1. The van der Waals surface area contributed by atoms with Gasteiger partial charge in [0, 0.05) is 20.1 Å². The minimum atomic E-state index is 0. The van der Waals surface area contributed by atoms with Crippen molar-refractivity contribution in [2.24, 2.45) is 10.4 Å². The quantitative estimate of drug-likeness (QED) is 0.460. The second kappa shape index (κ2) is 8.69. The lowest BCUT2D eigenvalue weighted by atomic mass is 9.78. The normalized spacial score (nSPS) is 22.4. The van der Waals surface area contributed by atoms with Crippen molar-refractivity contribution in [3.05, 3.63) is 11.7 Å². The summed E-state index contributed by atoms with van der Waals surface area (Å²) in [6.07, 6.45) is 5.02. The number of aliphatic imine (C=N–C) groups is 1. The molecule has 7 heteroatoms. The number of likely N-dealkylation sites (tertiary alicyclic amines) is 1. The van der Waals surface area contributed by atoms with Crippen molar-refractivity contribution < 1.29 is 4.52 Å². The Morgan fingerprint density at radius 1 is 1.50 bits per heavy atom. The Morgan fingerprint density at radius 2 is 2.27 bits per heavy atom. The van der Waals surface area contributed by atoms with Crippen LogP contribution in [0, 0.1) is 12.3 Å². The maximum Gasteiger partial charge on any atom is 0.246 e. The van der Waals surface area contributed by atoms with E-state index in [2.05, 4.69) is 39.2 Å². The van der Waals surface area contributed by atoms with Crippen LogP contribution in [0.25, 0.3) is 0 Å². The monoisotopic (exact) mass is 421 g/mol. The van der Waals surface area contributed by atoms with E-state index < -0.39 is 0 Å². The molecule has 0 bridgehead atoms. The maximum absolute atomic E-state index is 5.13. The van der Waals surface area contributed by atoms with Crippen LogP contribution in [0.4, 0.5) is 0 Å². The topological polar surface area (TPSA) is 66.5 Å². The Balaban J connectivity index is 0.00000242. The first-order valence-corrected chi connectivity index (χ1v) is 7.81. The van der Waals surface area contributed by atoms with E-state index in [0.717, 1.165) is 19.0 Å². The van der Waals surface area contributed by atoms with Crippen LogP contribution < -0.4 is 5.32 Å². The molecule has 1 aromatic rings. The van der Waals surface area contributed by atoms with Gasteiger partial charge in [-0.2, -0.15) is 4.98 Å². The highest BCUT2D eigenvalue weighted by Crippen LogP contribution is 2.33. The number of hydrogen-bond acceptors (Lipinski definition) is 4. The zero-order valence-corrected chi connectivity index (χ0v) is 16.4. The molecule has 1 saturated heterocycles. The van der Waals surface area contributed by atoms with Gasteiger partial charge < -0.3 is 14.7 Å². The molecule has 0 saturated carbocycles. The van der Waals surface area contributed by atoms with Crippen LogP contribution in [-0.2, 0) is 6.54 Å². The first kappa shape index (κ1) is 19.2. The summed E-state index contributed by atoms with van der Waals surface area (Å²) < 4.78 is 5.13. The number of hydrogen-bond donors (Lipinski definition) is 1. The van der Waals surface area contributed by atoms with Gasteiger partial charge in [-0.1, -0.05) is 25.4 Å². The SMILES string of the molecule is CCCC1(C)CCCN(C(=NC)NCc2nc(C)no2)C1.I. The molecule has 1 atom stereocenters. The Labute approximate surface area is 150 Å². The van der Waals surface area contributed by atoms with E-state index in [1.165, 1.54) is 25.7 Å². The van der Waals surface area contributed by atoms with Gasteiger partial charge in [-0.05, 0) is 31.6 Å². The Hall–Kier alpha value is -0.860. The fourth-order valence-electron chi connectivity index (χ4n) is 3.20. The first-order valence-electron chi connectivity index (χ1n) is 7.81. The molecule has 126 valence electrons. The molecule has 1 aromatic heterocycles. The number of rotatable bonds is 4. The molecular formula is C15H28IN5O. The molecule has 1 aliphatic rings. The second-order valence-electron chi connectivity index (χ2n) is 6.22. The van der Waals surface area contributed by atoms with Crippen LogP contribution in [0.3, 0.4) is 0 Å². The van der Waals surface area contributed by atoms with Gasteiger partial charge in [-0.3, -0.25) is 4.99 Å². The molecule has 1 unspecified atom stereocenters. The van der Waals surface area contributed by atoms with Gasteiger partial charge in [0.2, 0.25) is 5.89 Å². The van der Waals surface area contributed by atoms with Gasteiger partial charge in [-0.25, -0.2) is 0 Å². The third-order valence-corrected chi connectivity index (χ3v) is 4.11. The van der Waals surface area contributed by atoms with E-state index in [1.54, 1.807) is 0 Å². The summed E-state index contributed by atoms with van der Waals surface area (Å²) in [6, 6.07) is 0. The fraction of sp³-hybridized carbons (Fsp3) is 0.800. The summed E-state index contributed by atoms with van der Waals surface area (Å²) in [6.45, 7) is 9.11. The highest BCUT2D eigenvalue weighted by atomic mass is 127. The molecule has 1 fully saturated rings. The molecule has 0 aromatic carbocycles. The van der Waals surface area contributed by atoms with Crippen molar-refractivity contribution in [3.63, 3.8) is 0 Å². The molecule has 1 aliphatic heterocycles. The predicted molar refractivity (Wildman–Crippen MR) is 98.5 cm³/mol. The minimum absolute atomic E-state index is 0. The Kier molecular flexibility index (Phi) is 7.58. The number of guanidine groups is 1. The lowest BCUT2D eigenvalue weighted by Crippen LogP contribution is -2.49. The highest BCUT2D eigenvalue weighted by molar-refractivity contribution is 14.0. The summed E-state index contributed by atoms with van der Waals surface area (Å²) in [5, 5.41) is 7.13. The number of aryl methyl sites for hydroxylation is 1. The van der Waals surface area contributed by atoms with E-state index in [0.29, 0.717) is 23.7 Å². The van der Waals surface area contributed by atoms with Crippen molar-refractivity contribution in [3.8, 4) is 0 Å². The van der Waals surface area contributed by atoms with Crippen LogP contribution in [0.15, 0.2) is 9.52 Å². The minimum Gasteiger partial charge on any atom is -0.347 e. The van der Waals surface area contributed by atoms with Crippen LogP contribution in [0.2, 0.25) is 0 Å². The molecule has 1 N–H and O–H groups in total. The lowest BCUT2D eigenvalue weighted by molar-refractivity contribution is 0.142. The van der Waals surface area contributed by atoms with Gasteiger partial charge in [0.1, 0.15) is 0 Å². The van der Waals surface area contributed by atoms with E-state index in [-0.39, 0.29) is 24.0 Å². The number of nitrogens with one attached hydrogen (secondary N) is 1. The van der Waals surface area contributed by atoms with Crippen molar-refractivity contribution in [2.45, 2.75) is 53.0 Å². The van der Waals surface area contributed by atoms with Crippen molar-refractivity contribution >= 4 is 29.9 Å². The molecular weight excluding hydrogens is 393 g/mol.